The minimum absolute atomic E-state index is 0.275. The quantitative estimate of drug-likeness (QED) is 0.440. The Labute approximate surface area is 206 Å². The molecule has 1 saturated carbocycles. The number of fused-ring (bicyclic) bond motifs is 1. The second-order valence-electron chi connectivity index (χ2n) is 8.94. The van der Waals surface area contributed by atoms with Crippen LogP contribution in [0.5, 0.6) is 0 Å². The van der Waals surface area contributed by atoms with E-state index in [2.05, 4.69) is 20.1 Å². The van der Waals surface area contributed by atoms with Crippen LogP contribution in [-0.2, 0) is 21.9 Å². The van der Waals surface area contributed by atoms with E-state index in [1.54, 1.807) is 23.2 Å². The van der Waals surface area contributed by atoms with E-state index in [0.717, 1.165) is 23.4 Å². The number of hydrogen-bond donors (Lipinski definition) is 2. The van der Waals surface area contributed by atoms with Gasteiger partial charge in [-0.2, -0.15) is 5.10 Å². The maximum atomic E-state index is 12.4. The number of pyridine rings is 1. The van der Waals surface area contributed by atoms with Gasteiger partial charge in [-0.15, -0.1) is 0 Å². The molecule has 3 heterocycles. The number of carbonyl (C=O) groups is 1. The first kappa shape index (κ1) is 24.7. The molecule has 0 unspecified atom stereocenters. The van der Waals surface area contributed by atoms with Crippen LogP contribution in [-0.4, -0.2) is 46.0 Å². The molecule has 9 nitrogen and oxygen atoms in total. The minimum atomic E-state index is -3.79. The van der Waals surface area contributed by atoms with Crippen molar-refractivity contribution < 1.29 is 13.2 Å². The van der Waals surface area contributed by atoms with E-state index >= 15 is 0 Å². The third kappa shape index (κ3) is 6.19. The van der Waals surface area contributed by atoms with Crippen LogP contribution in [0.3, 0.4) is 0 Å². The molecule has 186 valence electrons. The van der Waals surface area contributed by atoms with Crippen LogP contribution in [0.2, 0.25) is 0 Å². The van der Waals surface area contributed by atoms with Gasteiger partial charge in [-0.05, 0) is 56.2 Å². The predicted molar refractivity (Wildman–Crippen MR) is 137 cm³/mol. The van der Waals surface area contributed by atoms with E-state index in [1.807, 2.05) is 42.9 Å². The molecule has 1 fully saturated rings. The molecule has 2 N–H and O–H groups in total. The standard InChI is InChI=1S/C25H32N6O3S/c1-19-22(25(30(2)28-19)31-16-13-21-10-6-15-27-24(21)31)11-12-23(32)29-35(33,34)17-7-14-26-18-20-8-4-3-5-9-20/h6-7,10-16,20,26H,3-5,8-9,17-18H2,1-2H3,(H,29,32)/b12-11+,14-7?. The molecule has 10 heteroatoms. The summed E-state index contributed by atoms with van der Waals surface area (Å²) in [6.45, 7) is 2.69. The van der Waals surface area contributed by atoms with Crippen LogP contribution in [0.4, 0.5) is 0 Å². The molecular weight excluding hydrogens is 464 g/mol. The number of aromatic nitrogens is 4. The molecule has 3 aromatic rings. The van der Waals surface area contributed by atoms with Gasteiger partial charge in [0.05, 0.1) is 11.4 Å². The summed E-state index contributed by atoms with van der Waals surface area (Å²) < 4.78 is 30.3. The molecular formula is C25H32N6O3S. The number of rotatable bonds is 9. The van der Waals surface area contributed by atoms with Gasteiger partial charge in [-0.3, -0.25) is 14.0 Å². The zero-order valence-corrected chi connectivity index (χ0v) is 21.0. The Bertz CT molecular complexity index is 1350. The lowest BCUT2D eigenvalue weighted by Crippen LogP contribution is -2.30. The molecule has 0 aliphatic heterocycles. The van der Waals surface area contributed by atoms with Crippen LogP contribution < -0.4 is 10.0 Å². The van der Waals surface area contributed by atoms with E-state index in [-0.39, 0.29) is 5.75 Å². The predicted octanol–water partition coefficient (Wildman–Crippen LogP) is 3.21. The van der Waals surface area contributed by atoms with Gasteiger partial charge in [-0.1, -0.05) is 25.3 Å². The Morgan fingerprint density at radius 1 is 1.23 bits per heavy atom. The zero-order chi connectivity index (χ0) is 24.8. The summed E-state index contributed by atoms with van der Waals surface area (Å²) in [7, 11) is -1.98. The summed E-state index contributed by atoms with van der Waals surface area (Å²) in [6.07, 6.45) is 15.9. The van der Waals surface area contributed by atoms with E-state index in [4.69, 9.17) is 0 Å². The van der Waals surface area contributed by atoms with Gasteiger partial charge in [0, 0.05) is 43.0 Å². The van der Waals surface area contributed by atoms with Gasteiger partial charge in [0.2, 0.25) is 10.0 Å². The number of amides is 1. The molecule has 0 saturated heterocycles. The number of nitrogens with zero attached hydrogens (tertiary/aromatic N) is 4. The van der Waals surface area contributed by atoms with Crippen LogP contribution in [0.15, 0.2) is 48.9 Å². The highest BCUT2D eigenvalue weighted by molar-refractivity contribution is 7.90. The van der Waals surface area contributed by atoms with E-state index in [9.17, 15) is 13.2 Å². The first-order valence-corrected chi connectivity index (χ1v) is 13.6. The van der Waals surface area contributed by atoms with Crippen molar-refractivity contribution in [1.82, 2.24) is 29.4 Å². The molecule has 0 spiro atoms. The van der Waals surface area contributed by atoms with Gasteiger partial charge in [0.25, 0.3) is 5.91 Å². The molecule has 0 bridgehead atoms. The number of hydrogen-bond acceptors (Lipinski definition) is 6. The average molecular weight is 497 g/mol. The topological polar surface area (TPSA) is 111 Å². The lowest BCUT2D eigenvalue weighted by molar-refractivity contribution is -0.114. The van der Waals surface area contributed by atoms with E-state index in [1.165, 1.54) is 44.3 Å². The lowest BCUT2D eigenvalue weighted by Gasteiger charge is -2.21. The fourth-order valence-corrected chi connectivity index (χ4v) is 5.36. The van der Waals surface area contributed by atoms with E-state index < -0.39 is 15.9 Å². The van der Waals surface area contributed by atoms with Crippen LogP contribution in [0.25, 0.3) is 22.9 Å². The summed E-state index contributed by atoms with van der Waals surface area (Å²) in [6, 6.07) is 5.79. The van der Waals surface area contributed by atoms with Crippen LogP contribution in [0, 0.1) is 12.8 Å². The Kier molecular flexibility index (Phi) is 7.70. The molecule has 3 aromatic heterocycles. The Hall–Kier alpha value is -3.40. The molecule has 4 rings (SSSR count). The van der Waals surface area contributed by atoms with Crippen molar-refractivity contribution in [3.05, 3.63) is 60.2 Å². The highest BCUT2D eigenvalue weighted by Gasteiger charge is 2.17. The van der Waals surface area contributed by atoms with Crippen molar-refractivity contribution in [1.29, 1.82) is 0 Å². The molecule has 0 atom stereocenters. The third-order valence-electron chi connectivity index (χ3n) is 6.25. The van der Waals surface area contributed by atoms with Crippen molar-refractivity contribution in [3.63, 3.8) is 0 Å². The van der Waals surface area contributed by atoms with Crippen molar-refractivity contribution >= 4 is 33.0 Å². The van der Waals surface area contributed by atoms with Crippen molar-refractivity contribution in [2.45, 2.75) is 39.0 Å². The number of carbonyl (C=O) groups excluding carboxylic acids is 1. The van der Waals surface area contributed by atoms with Gasteiger partial charge < -0.3 is 5.32 Å². The SMILES string of the molecule is Cc1nn(C)c(-n2ccc3cccnc32)c1/C=C/C(=O)NS(=O)(=O)CC=CNCC1CCCCC1. The second kappa shape index (κ2) is 10.9. The molecule has 1 aliphatic rings. The smallest absolute Gasteiger partial charge is 0.257 e. The first-order valence-electron chi connectivity index (χ1n) is 11.9. The zero-order valence-electron chi connectivity index (χ0n) is 20.1. The Morgan fingerprint density at radius 2 is 2.03 bits per heavy atom. The lowest BCUT2D eigenvalue weighted by atomic mass is 9.89. The summed E-state index contributed by atoms with van der Waals surface area (Å²) >= 11 is 0. The maximum Gasteiger partial charge on any atom is 0.257 e. The minimum Gasteiger partial charge on any atom is -0.391 e. The van der Waals surface area contributed by atoms with Gasteiger partial charge >= 0.3 is 0 Å². The fraction of sp³-hybridized carbons (Fsp3) is 0.400. The largest absolute Gasteiger partial charge is 0.391 e. The van der Waals surface area contributed by atoms with Crippen LogP contribution >= 0.6 is 0 Å². The van der Waals surface area contributed by atoms with Crippen molar-refractivity contribution in [2.75, 3.05) is 12.3 Å². The van der Waals surface area contributed by atoms with Gasteiger partial charge in [0.15, 0.2) is 0 Å². The van der Waals surface area contributed by atoms with Crippen LogP contribution in [0.1, 0.15) is 43.4 Å². The van der Waals surface area contributed by atoms with Crippen molar-refractivity contribution in [3.8, 4) is 5.82 Å². The first-order chi connectivity index (χ1) is 16.8. The summed E-state index contributed by atoms with van der Waals surface area (Å²) in [5.74, 6) is 0.395. The monoisotopic (exact) mass is 496 g/mol. The molecule has 1 amide bonds. The molecule has 0 radical (unpaired) electrons. The number of sulfonamides is 1. The van der Waals surface area contributed by atoms with Gasteiger partial charge in [-0.25, -0.2) is 18.1 Å². The van der Waals surface area contributed by atoms with Crippen molar-refractivity contribution in [2.24, 2.45) is 13.0 Å². The normalized spacial score (nSPS) is 15.4. The Morgan fingerprint density at radius 3 is 2.83 bits per heavy atom. The summed E-state index contributed by atoms with van der Waals surface area (Å²) in [5.41, 5.74) is 2.18. The number of nitrogens with one attached hydrogen (secondary N) is 2. The molecule has 1 aliphatic carbocycles. The van der Waals surface area contributed by atoms with E-state index in [0.29, 0.717) is 17.2 Å². The molecule has 0 aromatic carbocycles. The van der Waals surface area contributed by atoms with Gasteiger partial charge in [0.1, 0.15) is 11.5 Å². The fourth-order valence-electron chi connectivity index (χ4n) is 4.55. The molecule has 35 heavy (non-hydrogen) atoms. The maximum absolute atomic E-state index is 12.4. The average Bonchev–Trinajstić information content (AvgIpc) is 3.37. The third-order valence-corrected chi connectivity index (χ3v) is 7.40. The summed E-state index contributed by atoms with van der Waals surface area (Å²) in [5, 5.41) is 8.63. The summed E-state index contributed by atoms with van der Waals surface area (Å²) in [4.78, 5) is 16.8. The highest BCUT2D eigenvalue weighted by atomic mass is 32.2. The Balaban J connectivity index is 1.38. The second-order valence-corrected chi connectivity index (χ2v) is 10.7. The number of aryl methyl sites for hydroxylation is 2. The highest BCUT2D eigenvalue weighted by Crippen LogP contribution is 2.24.